The SMILES string of the molecule is COc1ccc(C2Oc3cc(S(=O)O)c([O-])c(O)c3CC2O)cc1OS(=O)(=O)O. The van der Waals surface area contributed by atoms with Crippen LogP contribution in [0.15, 0.2) is 29.2 Å². The molecule has 3 atom stereocenters. The summed E-state index contributed by atoms with van der Waals surface area (Å²) in [6.07, 6.45) is -2.61. The maximum Gasteiger partial charge on any atom is 0.446 e. The van der Waals surface area contributed by atoms with Gasteiger partial charge in [0.25, 0.3) is 0 Å². The number of aliphatic hydroxyl groups is 1. The summed E-state index contributed by atoms with van der Waals surface area (Å²) in [5.74, 6) is -2.34. The molecule has 2 aromatic carbocycles. The molecule has 158 valence electrons. The highest BCUT2D eigenvalue weighted by atomic mass is 32.3. The first kappa shape index (κ1) is 21.1. The van der Waals surface area contributed by atoms with Gasteiger partial charge < -0.3 is 33.5 Å². The lowest BCUT2D eigenvalue weighted by Crippen LogP contribution is -2.30. The minimum atomic E-state index is -4.86. The first-order chi connectivity index (χ1) is 13.5. The zero-order valence-corrected chi connectivity index (χ0v) is 16.3. The summed E-state index contributed by atoms with van der Waals surface area (Å²) >= 11 is -2.68. The van der Waals surface area contributed by atoms with Gasteiger partial charge in [-0.05, 0) is 29.5 Å². The van der Waals surface area contributed by atoms with Gasteiger partial charge in [-0.15, -0.1) is 0 Å². The average molecular weight is 447 g/mol. The Hall–Kier alpha value is -2.58. The molecule has 1 heterocycles. The van der Waals surface area contributed by atoms with E-state index in [1.54, 1.807) is 0 Å². The van der Waals surface area contributed by atoms with Gasteiger partial charge in [0.1, 0.15) is 17.6 Å². The number of aromatic hydroxyl groups is 1. The fourth-order valence-corrected chi connectivity index (χ4v) is 3.77. The lowest BCUT2D eigenvalue weighted by Gasteiger charge is -2.33. The fraction of sp³-hybridized carbons (Fsp3) is 0.250. The van der Waals surface area contributed by atoms with E-state index in [0.717, 1.165) is 12.1 Å². The Kier molecular flexibility index (Phi) is 5.60. The van der Waals surface area contributed by atoms with Gasteiger partial charge in [-0.2, -0.15) is 8.42 Å². The van der Waals surface area contributed by atoms with Crippen molar-refractivity contribution in [1.29, 1.82) is 0 Å². The quantitative estimate of drug-likeness (QED) is 0.364. The van der Waals surface area contributed by atoms with E-state index in [-0.39, 0.29) is 34.8 Å². The highest BCUT2D eigenvalue weighted by Crippen LogP contribution is 2.45. The number of phenols is 1. The maximum atomic E-state index is 11.9. The molecule has 29 heavy (non-hydrogen) atoms. The Balaban J connectivity index is 2.04. The molecule has 13 heteroatoms. The van der Waals surface area contributed by atoms with Gasteiger partial charge in [0.15, 0.2) is 22.6 Å². The normalized spacial score (nSPS) is 19.7. The zero-order chi connectivity index (χ0) is 21.5. The van der Waals surface area contributed by atoms with Crippen LogP contribution in [0, 0.1) is 0 Å². The Morgan fingerprint density at radius 1 is 1.28 bits per heavy atom. The van der Waals surface area contributed by atoms with E-state index in [2.05, 4.69) is 4.18 Å². The maximum absolute atomic E-state index is 11.9. The largest absolute Gasteiger partial charge is 0.869 e. The van der Waals surface area contributed by atoms with E-state index >= 15 is 0 Å². The first-order valence-corrected chi connectivity index (χ1v) is 10.3. The molecule has 0 amide bonds. The molecular formula is C16H15O11S2-. The molecule has 4 N–H and O–H groups in total. The van der Waals surface area contributed by atoms with Gasteiger partial charge in [-0.3, -0.25) is 4.55 Å². The van der Waals surface area contributed by atoms with E-state index in [4.69, 9.17) is 14.0 Å². The second-order valence-electron chi connectivity index (χ2n) is 6.01. The number of hydrogen-bond acceptors (Lipinski definition) is 9. The van der Waals surface area contributed by atoms with Crippen molar-refractivity contribution in [3.05, 3.63) is 35.4 Å². The molecule has 11 nitrogen and oxygen atoms in total. The van der Waals surface area contributed by atoms with Crippen molar-refractivity contribution in [2.45, 2.75) is 23.5 Å². The second kappa shape index (κ2) is 7.68. The van der Waals surface area contributed by atoms with E-state index in [9.17, 15) is 32.5 Å². The second-order valence-corrected chi connectivity index (χ2v) is 7.97. The monoisotopic (exact) mass is 447 g/mol. The van der Waals surface area contributed by atoms with E-state index < -0.39 is 50.1 Å². The molecule has 0 aromatic heterocycles. The number of aliphatic hydroxyl groups excluding tert-OH is 1. The zero-order valence-electron chi connectivity index (χ0n) is 14.6. The summed E-state index contributed by atoms with van der Waals surface area (Å²) in [5.41, 5.74) is 0.177. The molecule has 0 saturated heterocycles. The third-order valence-corrected chi connectivity index (χ3v) is 5.27. The van der Waals surface area contributed by atoms with Crippen molar-refractivity contribution in [3.63, 3.8) is 0 Å². The third-order valence-electron chi connectivity index (χ3n) is 4.20. The Labute approximate surface area is 167 Å². The van der Waals surface area contributed by atoms with Gasteiger partial charge in [-0.25, -0.2) is 4.21 Å². The smallest absolute Gasteiger partial charge is 0.446 e. The summed E-state index contributed by atoms with van der Waals surface area (Å²) in [7, 11) is -3.61. The van der Waals surface area contributed by atoms with E-state index in [1.807, 2.05) is 0 Å². The van der Waals surface area contributed by atoms with Crippen molar-refractivity contribution < 1.29 is 50.7 Å². The number of phenolic OH excluding ortho intramolecular Hbond substituents is 1. The van der Waals surface area contributed by atoms with E-state index in [1.165, 1.54) is 19.2 Å². The summed E-state index contributed by atoms with van der Waals surface area (Å²) < 4.78 is 66.5. The Bertz CT molecular complexity index is 1080. The van der Waals surface area contributed by atoms with Gasteiger partial charge in [0.2, 0.25) is 0 Å². The molecule has 3 unspecified atom stereocenters. The number of hydrogen-bond donors (Lipinski definition) is 4. The number of benzene rings is 2. The van der Waals surface area contributed by atoms with Crippen LogP contribution in [0.25, 0.3) is 0 Å². The van der Waals surface area contributed by atoms with Crippen LogP contribution in [0.5, 0.6) is 28.7 Å². The fourth-order valence-electron chi connectivity index (χ4n) is 2.94. The van der Waals surface area contributed by atoms with Gasteiger partial charge >= 0.3 is 10.4 Å². The van der Waals surface area contributed by atoms with Crippen LogP contribution in [0.4, 0.5) is 0 Å². The average Bonchev–Trinajstić information content (AvgIpc) is 2.63. The Morgan fingerprint density at radius 3 is 2.55 bits per heavy atom. The predicted molar refractivity (Wildman–Crippen MR) is 94.8 cm³/mol. The molecule has 1 aliphatic rings. The molecule has 0 saturated carbocycles. The first-order valence-electron chi connectivity index (χ1n) is 7.88. The minimum absolute atomic E-state index is 0.0244. The minimum Gasteiger partial charge on any atom is -0.869 e. The molecule has 1 aliphatic heterocycles. The molecule has 0 spiro atoms. The molecular weight excluding hydrogens is 432 g/mol. The van der Waals surface area contributed by atoms with Crippen LogP contribution in [0.2, 0.25) is 0 Å². The van der Waals surface area contributed by atoms with Gasteiger partial charge in [0, 0.05) is 12.0 Å². The van der Waals surface area contributed by atoms with Crippen LogP contribution in [0.1, 0.15) is 17.2 Å². The molecule has 2 aromatic rings. The molecule has 0 radical (unpaired) electrons. The number of ether oxygens (including phenoxy) is 2. The lowest BCUT2D eigenvalue weighted by atomic mass is 9.93. The summed E-state index contributed by atoms with van der Waals surface area (Å²) in [6.45, 7) is 0. The molecule has 0 aliphatic carbocycles. The van der Waals surface area contributed by atoms with Gasteiger partial charge in [0.05, 0.1) is 18.1 Å². The third kappa shape index (κ3) is 4.23. The van der Waals surface area contributed by atoms with Crippen molar-refractivity contribution in [2.24, 2.45) is 0 Å². The van der Waals surface area contributed by atoms with Crippen molar-refractivity contribution >= 4 is 21.5 Å². The lowest BCUT2D eigenvalue weighted by molar-refractivity contribution is -0.274. The highest BCUT2D eigenvalue weighted by Gasteiger charge is 2.33. The van der Waals surface area contributed by atoms with E-state index in [0.29, 0.717) is 0 Å². The van der Waals surface area contributed by atoms with Crippen LogP contribution in [0.3, 0.4) is 0 Å². The topological polar surface area (TPSA) is 183 Å². The van der Waals surface area contributed by atoms with Crippen molar-refractivity contribution in [1.82, 2.24) is 0 Å². The highest BCUT2D eigenvalue weighted by molar-refractivity contribution is 7.81. The number of rotatable bonds is 5. The summed E-state index contributed by atoms with van der Waals surface area (Å²) in [4.78, 5) is -0.596. The van der Waals surface area contributed by atoms with Crippen LogP contribution >= 0.6 is 0 Å². The van der Waals surface area contributed by atoms with Crippen molar-refractivity contribution in [3.8, 4) is 28.7 Å². The molecule has 0 bridgehead atoms. The van der Waals surface area contributed by atoms with Crippen LogP contribution in [-0.4, -0.2) is 45.2 Å². The van der Waals surface area contributed by atoms with Crippen LogP contribution in [-0.2, 0) is 27.9 Å². The number of fused-ring (bicyclic) bond motifs is 1. The molecule has 3 rings (SSSR count). The van der Waals surface area contributed by atoms with Gasteiger partial charge in [-0.1, -0.05) is 6.07 Å². The standard InChI is InChI=1S/C16H16O11S2/c1-25-10-3-2-7(4-12(10)27-29(22,23)24)16-9(17)5-8-11(26-16)6-13(28(20)21)15(19)14(8)18/h2-4,6,9,16-19H,5H2,1H3,(H,20,21)(H,22,23,24)/p-1. The summed E-state index contributed by atoms with van der Waals surface area (Å²) in [5, 5.41) is 32.4. The predicted octanol–water partition coefficient (Wildman–Crippen LogP) is 0.274. The number of methoxy groups -OCH3 is 1. The summed E-state index contributed by atoms with van der Waals surface area (Å²) in [6, 6.07) is 4.89. The Morgan fingerprint density at radius 2 is 1.97 bits per heavy atom. The molecule has 0 fully saturated rings. The van der Waals surface area contributed by atoms with Crippen LogP contribution < -0.4 is 18.8 Å². The van der Waals surface area contributed by atoms with Crippen molar-refractivity contribution in [2.75, 3.05) is 7.11 Å².